The van der Waals surface area contributed by atoms with Gasteiger partial charge in [0.25, 0.3) is 0 Å². The average molecular weight is 236 g/mol. The number of phenols is 1. The van der Waals surface area contributed by atoms with Crippen molar-refractivity contribution in [2.45, 2.75) is 26.2 Å². The van der Waals surface area contributed by atoms with E-state index in [9.17, 15) is 15.0 Å². The molecular formula is C13H16O4. The first-order chi connectivity index (χ1) is 8.00. The van der Waals surface area contributed by atoms with Crippen LogP contribution >= 0.6 is 0 Å². The fourth-order valence-corrected chi connectivity index (χ4v) is 2.26. The molecule has 0 fully saturated rings. The van der Waals surface area contributed by atoms with Gasteiger partial charge in [0.2, 0.25) is 0 Å². The van der Waals surface area contributed by atoms with E-state index >= 15 is 0 Å². The molecule has 17 heavy (non-hydrogen) atoms. The molecule has 1 aliphatic heterocycles. The van der Waals surface area contributed by atoms with Crippen LogP contribution in [0.5, 0.6) is 11.5 Å². The van der Waals surface area contributed by atoms with Crippen molar-refractivity contribution in [2.75, 3.05) is 6.61 Å². The SMILES string of the molecule is CC(C)C(C(=O)O)c1cc2c(cc1O)OCC2. The van der Waals surface area contributed by atoms with E-state index in [0.717, 1.165) is 12.0 Å². The molecular weight excluding hydrogens is 220 g/mol. The maximum absolute atomic E-state index is 11.3. The number of carboxylic acids is 1. The Morgan fingerprint density at radius 2 is 2.12 bits per heavy atom. The van der Waals surface area contributed by atoms with Gasteiger partial charge in [-0.15, -0.1) is 0 Å². The predicted molar refractivity (Wildman–Crippen MR) is 62.5 cm³/mol. The number of hydrogen-bond donors (Lipinski definition) is 2. The molecule has 92 valence electrons. The van der Waals surface area contributed by atoms with E-state index in [4.69, 9.17) is 4.74 Å². The molecule has 0 bridgehead atoms. The minimum absolute atomic E-state index is 0.00625. The van der Waals surface area contributed by atoms with E-state index in [2.05, 4.69) is 0 Å². The minimum Gasteiger partial charge on any atom is -0.508 e. The number of carbonyl (C=O) groups is 1. The maximum atomic E-state index is 11.3. The van der Waals surface area contributed by atoms with Crippen LogP contribution in [0.3, 0.4) is 0 Å². The summed E-state index contributed by atoms with van der Waals surface area (Å²) in [6.07, 6.45) is 0.771. The molecule has 0 aliphatic carbocycles. The van der Waals surface area contributed by atoms with Gasteiger partial charge in [-0.3, -0.25) is 4.79 Å². The minimum atomic E-state index is -0.908. The zero-order valence-corrected chi connectivity index (χ0v) is 9.93. The van der Waals surface area contributed by atoms with E-state index < -0.39 is 11.9 Å². The molecule has 1 heterocycles. The third kappa shape index (κ3) is 2.07. The lowest BCUT2D eigenvalue weighted by molar-refractivity contribution is -0.139. The molecule has 1 atom stereocenters. The fraction of sp³-hybridized carbons (Fsp3) is 0.462. The van der Waals surface area contributed by atoms with Gasteiger partial charge in [-0.05, 0) is 17.5 Å². The van der Waals surface area contributed by atoms with Crippen LogP contribution in [0.1, 0.15) is 30.9 Å². The maximum Gasteiger partial charge on any atom is 0.311 e. The van der Waals surface area contributed by atoms with Gasteiger partial charge in [0.05, 0.1) is 12.5 Å². The zero-order chi connectivity index (χ0) is 12.6. The Kier molecular flexibility index (Phi) is 2.96. The van der Waals surface area contributed by atoms with Gasteiger partial charge in [-0.2, -0.15) is 0 Å². The molecule has 2 rings (SSSR count). The number of aromatic hydroxyl groups is 1. The molecule has 2 N–H and O–H groups in total. The summed E-state index contributed by atoms with van der Waals surface area (Å²) in [6.45, 7) is 4.27. The lowest BCUT2D eigenvalue weighted by Gasteiger charge is -2.18. The Hall–Kier alpha value is -1.71. The first kappa shape index (κ1) is 11.8. The molecule has 1 unspecified atom stereocenters. The summed E-state index contributed by atoms with van der Waals surface area (Å²) in [5.74, 6) is -0.986. The van der Waals surface area contributed by atoms with Crippen LogP contribution in [0.2, 0.25) is 0 Å². The molecule has 1 aliphatic rings. The largest absolute Gasteiger partial charge is 0.508 e. The van der Waals surface area contributed by atoms with E-state index in [1.54, 1.807) is 6.07 Å². The van der Waals surface area contributed by atoms with Gasteiger partial charge in [-0.25, -0.2) is 0 Å². The summed E-state index contributed by atoms with van der Waals surface area (Å²) in [6, 6.07) is 3.28. The molecule has 0 saturated carbocycles. The van der Waals surface area contributed by atoms with Crippen molar-refractivity contribution in [1.82, 2.24) is 0 Å². The Morgan fingerprint density at radius 3 is 2.71 bits per heavy atom. The van der Waals surface area contributed by atoms with Crippen molar-refractivity contribution >= 4 is 5.97 Å². The Labute approximate surface area is 99.8 Å². The number of rotatable bonds is 3. The summed E-state index contributed by atoms with van der Waals surface area (Å²) in [4.78, 5) is 11.3. The molecule has 1 aromatic carbocycles. The molecule has 0 aromatic heterocycles. The van der Waals surface area contributed by atoms with Crippen molar-refractivity contribution in [3.05, 3.63) is 23.3 Å². The van der Waals surface area contributed by atoms with Crippen LogP contribution in [0.25, 0.3) is 0 Å². The molecule has 0 saturated heterocycles. The Bertz CT molecular complexity index is 451. The van der Waals surface area contributed by atoms with E-state index in [-0.39, 0.29) is 11.7 Å². The first-order valence-corrected chi connectivity index (χ1v) is 5.72. The van der Waals surface area contributed by atoms with Crippen LogP contribution in [0, 0.1) is 5.92 Å². The van der Waals surface area contributed by atoms with Crippen LogP contribution < -0.4 is 4.74 Å². The van der Waals surface area contributed by atoms with Crippen molar-refractivity contribution in [3.63, 3.8) is 0 Å². The second-order valence-corrected chi connectivity index (χ2v) is 4.68. The van der Waals surface area contributed by atoms with Crippen molar-refractivity contribution < 1.29 is 19.7 Å². The van der Waals surface area contributed by atoms with E-state index in [0.29, 0.717) is 17.9 Å². The summed E-state index contributed by atoms with van der Waals surface area (Å²) in [5, 5.41) is 19.1. The highest BCUT2D eigenvalue weighted by molar-refractivity contribution is 5.78. The highest BCUT2D eigenvalue weighted by Gasteiger charge is 2.28. The quantitative estimate of drug-likeness (QED) is 0.843. The molecule has 4 nitrogen and oxygen atoms in total. The van der Waals surface area contributed by atoms with Gasteiger partial charge >= 0.3 is 5.97 Å². The average Bonchev–Trinajstić information content (AvgIpc) is 2.64. The summed E-state index contributed by atoms with van der Waals surface area (Å²) in [5.41, 5.74) is 1.46. The van der Waals surface area contributed by atoms with Gasteiger partial charge in [-0.1, -0.05) is 13.8 Å². The molecule has 0 radical (unpaired) electrons. The number of hydrogen-bond acceptors (Lipinski definition) is 3. The topological polar surface area (TPSA) is 66.8 Å². The third-order valence-corrected chi connectivity index (χ3v) is 3.11. The molecule has 0 amide bonds. The smallest absolute Gasteiger partial charge is 0.311 e. The van der Waals surface area contributed by atoms with E-state index in [1.165, 1.54) is 6.07 Å². The predicted octanol–water partition coefficient (Wildman–Crippen LogP) is 2.15. The number of phenolic OH excluding ortho intramolecular Hbond substituents is 1. The first-order valence-electron chi connectivity index (χ1n) is 5.72. The number of fused-ring (bicyclic) bond motifs is 1. The second-order valence-electron chi connectivity index (χ2n) is 4.68. The third-order valence-electron chi connectivity index (χ3n) is 3.11. The zero-order valence-electron chi connectivity index (χ0n) is 9.93. The van der Waals surface area contributed by atoms with E-state index in [1.807, 2.05) is 13.8 Å². The van der Waals surface area contributed by atoms with Crippen LogP contribution in [0.4, 0.5) is 0 Å². The van der Waals surface area contributed by atoms with Gasteiger partial charge in [0.1, 0.15) is 11.5 Å². The molecule has 0 spiro atoms. The van der Waals surface area contributed by atoms with Crippen LogP contribution in [-0.2, 0) is 11.2 Å². The summed E-state index contributed by atoms with van der Waals surface area (Å²) in [7, 11) is 0. The van der Waals surface area contributed by atoms with Crippen molar-refractivity contribution in [2.24, 2.45) is 5.92 Å². The van der Waals surface area contributed by atoms with Gasteiger partial charge in [0.15, 0.2) is 0 Å². The number of carboxylic acid groups (broad SMARTS) is 1. The van der Waals surface area contributed by atoms with Crippen molar-refractivity contribution in [3.8, 4) is 11.5 Å². The molecule has 4 heteroatoms. The normalized spacial score (nSPS) is 15.5. The van der Waals surface area contributed by atoms with Crippen molar-refractivity contribution in [1.29, 1.82) is 0 Å². The molecule has 1 aromatic rings. The monoisotopic (exact) mass is 236 g/mol. The van der Waals surface area contributed by atoms with Crippen LogP contribution in [0.15, 0.2) is 12.1 Å². The number of aliphatic carboxylic acids is 1. The second kappa shape index (κ2) is 4.28. The summed E-state index contributed by atoms with van der Waals surface area (Å²) >= 11 is 0. The fourth-order valence-electron chi connectivity index (χ4n) is 2.26. The number of ether oxygens (including phenoxy) is 1. The Morgan fingerprint density at radius 1 is 1.41 bits per heavy atom. The van der Waals surface area contributed by atoms with Gasteiger partial charge in [0, 0.05) is 18.1 Å². The highest BCUT2D eigenvalue weighted by atomic mass is 16.5. The number of benzene rings is 1. The highest BCUT2D eigenvalue weighted by Crippen LogP contribution is 2.38. The van der Waals surface area contributed by atoms with Crippen LogP contribution in [-0.4, -0.2) is 22.8 Å². The summed E-state index contributed by atoms with van der Waals surface area (Å²) < 4.78 is 5.33. The lowest BCUT2D eigenvalue weighted by atomic mass is 9.87. The van der Waals surface area contributed by atoms with Gasteiger partial charge < -0.3 is 14.9 Å². The Balaban J connectivity index is 2.47. The lowest BCUT2D eigenvalue weighted by Crippen LogP contribution is -2.17. The standard InChI is InChI=1S/C13H16O4/c1-7(2)12(13(15)16)9-5-8-3-4-17-11(8)6-10(9)14/h5-7,12,14H,3-4H2,1-2H3,(H,15,16).